The number of aliphatic imine (C=N–C) groups is 1. The van der Waals surface area contributed by atoms with E-state index in [4.69, 9.17) is 27.9 Å². The molecule has 0 aliphatic heterocycles. The van der Waals surface area contributed by atoms with Crippen LogP contribution in [0.2, 0.25) is 0 Å². The summed E-state index contributed by atoms with van der Waals surface area (Å²) in [6, 6.07) is 0. The number of halogens is 2. The second kappa shape index (κ2) is 6.62. The first-order chi connectivity index (χ1) is 6.52. The van der Waals surface area contributed by atoms with E-state index >= 15 is 0 Å². The van der Waals surface area contributed by atoms with Crippen molar-refractivity contribution in [3.8, 4) is 0 Å². The number of nitrogens with zero attached hydrogens (tertiary/aromatic N) is 1. The normalized spacial score (nSPS) is 13.3. The van der Waals surface area contributed by atoms with Crippen molar-refractivity contribution in [2.24, 2.45) is 4.99 Å². The summed E-state index contributed by atoms with van der Waals surface area (Å²) in [5, 5.41) is 0.319. The lowest BCUT2D eigenvalue weighted by Crippen LogP contribution is -2.05. The first kappa shape index (κ1) is 13.2. The van der Waals surface area contributed by atoms with Gasteiger partial charge in [-0.1, -0.05) is 23.2 Å². The summed E-state index contributed by atoms with van der Waals surface area (Å²) in [5.74, 6) is -0.470. The molecule has 0 N–H and O–H groups in total. The molecule has 0 saturated carbocycles. The van der Waals surface area contributed by atoms with Crippen molar-refractivity contribution in [2.45, 2.75) is 13.8 Å². The Morgan fingerprint density at radius 3 is 2.57 bits per heavy atom. The molecule has 78 valence electrons. The minimum absolute atomic E-state index is 0.124. The van der Waals surface area contributed by atoms with E-state index in [1.54, 1.807) is 13.8 Å². The number of allylic oxidation sites excluding steroid dienone is 2. The maximum Gasteiger partial charge on any atom is 0.335 e. The standard InChI is InChI=1S/C9H11Cl2NO2/c1-4-14-9(13)6(2)7(10)5-8(11)12-3/h5H,3-4H2,1-2H3/b7-6-,8-5-. The molecule has 14 heavy (non-hydrogen) atoms. The molecule has 0 aliphatic carbocycles. The predicted octanol–water partition coefficient (Wildman–Crippen LogP) is 2.84. The van der Waals surface area contributed by atoms with Crippen LogP contribution in [-0.2, 0) is 9.53 Å². The maximum atomic E-state index is 11.2. The molecular weight excluding hydrogens is 225 g/mol. The van der Waals surface area contributed by atoms with Gasteiger partial charge in [0.25, 0.3) is 0 Å². The van der Waals surface area contributed by atoms with Gasteiger partial charge in [0, 0.05) is 0 Å². The van der Waals surface area contributed by atoms with Gasteiger partial charge in [-0.3, -0.25) is 4.99 Å². The van der Waals surface area contributed by atoms with Crippen LogP contribution in [0.3, 0.4) is 0 Å². The van der Waals surface area contributed by atoms with Gasteiger partial charge >= 0.3 is 5.97 Å². The Morgan fingerprint density at radius 1 is 1.57 bits per heavy atom. The summed E-state index contributed by atoms with van der Waals surface area (Å²) in [7, 11) is 0. The van der Waals surface area contributed by atoms with E-state index in [-0.39, 0.29) is 15.8 Å². The molecule has 0 bridgehead atoms. The van der Waals surface area contributed by atoms with Gasteiger partial charge in [0.05, 0.1) is 17.2 Å². The van der Waals surface area contributed by atoms with E-state index in [9.17, 15) is 4.79 Å². The molecule has 0 spiro atoms. The molecule has 0 radical (unpaired) electrons. The van der Waals surface area contributed by atoms with E-state index in [0.717, 1.165) is 0 Å². The van der Waals surface area contributed by atoms with E-state index < -0.39 is 5.97 Å². The van der Waals surface area contributed by atoms with E-state index in [1.165, 1.54) is 6.08 Å². The molecule has 0 rings (SSSR count). The Labute approximate surface area is 93.1 Å². The summed E-state index contributed by atoms with van der Waals surface area (Å²) in [6.45, 7) is 6.77. The molecule has 0 aromatic rings. The van der Waals surface area contributed by atoms with Crippen LogP contribution < -0.4 is 0 Å². The van der Waals surface area contributed by atoms with Crippen LogP contribution >= 0.6 is 23.2 Å². The third kappa shape index (κ3) is 4.44. The first-order valence-electron chi connectivity index (χ1n) is 3.90. The highest BCUT2D eigenvalue weighted by Crippen LogP contribution is 2.16. The Morgan fingerprint density at radius 2 is 2.14 bits per heavy atom. The van der Waals surface area contributed by atoms with Crippen LogP contribution in [0.1, 0.15) is 13.8 Å². The summed E-state index contributed by atoms with van der Waals surface area (Å²) >= 11 is 11.3. The van der Waals surface area contributed by atoms with Crippen LogP contribution in [0.4, 0.5) is 0 Å². The highest BCUT2D eigenvalue weighted by Gasteiger charge is 2.08. The second-order valence-corrected chi connectivity index (χ2v) is 3.11. The molecule has 0 amide bonds. The molecule has 0 aliphatic rings. The summed E-state index contributed by atoms with van der Waals surface area (Å²) in [5.41, 5.74) is 0.287. The molecule has 0 heterocycles. The number of hydrogen-bond donors (Lipinski definition) is 0. The molecule has 0 aromatic heterocycles. The third-order valence-corrected chi connectivity index (χ3v) is 1.96. The average molecular weight is 236 g/mol. The fourth-order valence-electron chi connectivity index (χ4n) is 0.595. The molecule has 0 saturated heterocycles. The zero-order valence-electron chi connectivity index (χ0n) is 8.01. The van der Waals surface area contributed by atoms with Crippen LogP contribution in [0, 0.1) is 0 Å². The second-order valence-electron chi connectivity index (χ2n) is 2.32. The zero-order valence-corrected chi connectivity index (χ0v) is 9.52. The summed E-state index contributed by atoms with van der Waals surface area (Å²) in [6.07, 6.45) is 1.34. The monoisotopic (exact) mass is 235 g/mol. The highest BCUT2D eigenvalue weighted by molar-refractivity contribution is 6.35. The molecule has 3 nitrogen and oxygen atoms in total. The van der Waals surface area contributed by atoms with Crippen molar-refractivity contribution in [1.82, 2.24) is 0 Å². The van der Waals surface area contributed by atoms with E-state index in [1.807, 2.05) is 0 Å². The van der Waals surface area contributed by atoms with Crippen molar-refractivity contribution in [3.63, 3.8) is 0 Å². The Hall–Kier alpha value is -0.800. The van der Waals surface area contributed by atoms with Crippen LogP contribution in [0.25, 0.3) is 0 Å². The summed E-state index contributed by atoms with van der Waals surface area (Å²) in [4.78, 5) is 14.6. The maximum absolute atomic E-state index is 11.2. The van der Waals surface area contributed by atoms with Gasteiger partial charge in [0.1, 0.15) is 5.16 Å². The molecule has 0 aromatic carbocycles. The minimum atomic E-state index is -0.470. The van der Waals surface area contributed by atoms with Crippen LogP contribution in [0.15, 0.2) is 26.8 Å². The van der Waals surface area contributed by atoms with Gasteiger partial charge in [-0.15, -0.1) is 0 Å². The lowest BCUT2D eigenvalue weighted by Gasteiger charge is -2.02. The zero-order chi connectivity index (χ0) is 11.1. The first-order valence-corrected chi connectivity index (χ1v) is 4.66. The molecular formula is C9H11Cl2NO2. The van der Waals surface area contributed by atoms with Gasteiger partial charge in [0.2, 0.25) is 0 Å². The number of carbonyl (C=O) groups excluding carboxylic acids is 1. The van der Waals surface area contributed by atoms with Gasteiger partial charge < -0.3 is 4.74 Å². The molecule has 0 unspecified atom stereocenters. The quantitative estimate of drug-likeness (QED) is 0.247. The fraction of sp³-hybridized carbons (Fsp3) is 0.333. The van der Waals surface area contributed by atoms with Gasteiger partial charge in [-0.05, 0) is 26.6 Å². The lowest BCUT2D eigenvalue weighted by molar-refractivity contribution is -0.138. The number of carbonyl (C=O) groups is 1. The summed E-state index contributed by atoms with van der Waals surface area (Å²) < 4.78 is 4.74. The van der Waals surface area contributed by atoms with Crippen molar-refractivity contribution < 1.29 is 9.53 Å². The van der Waals surface area contributed by atoms with Gasteiger partial charge in [-0.25, -0.2) is 4.79 Å². The van der Waals surface area contributed by atoms with Crippen LogP contribution in [-0.4, -0.2) is 19.3 Å². The number of esters is 1. The Bertz CT molecular complexity index is 295. The molecule has 0 atom stereocenters. The lowest BCUT2D eigenvalue weighted by atomic mass is 10.3. The number of hydrogen-bond acceptors (Lipinski definition) is 3. The highest BCUT2D eigenvalue weighted by atomic mass is 35.5. The Balaban J connectivity index is 4.75. The molecule has 5 heteroatoms. The third-order valence-electron chi connectivity index (χ3n) is 1.34. The average Bonchev–Trinajstić information content (AvgIpc) is 2.16. The molecule has 0 fully saturated rings. The van der Waals surface area contributed by atoms with Gasteiger partial charge in [0.15, 0.2) is 0 Å². The SMILES string of the molecule is C=N/C(Cl)=C\C(Cl)=C(/C)C(=O)OCC. The smallest absolute Gasteiger partial charge is 0.335 e. The van der Waals surface area contributed by atoms with Crippen molar-refractivity contribution >= 4 is 35.9 Å². The number of ether oxygens (including phenoxy) is 1. The predicted molar refractivity (Wildman–Crippen MR) is 58.7 cm³/mol. The van der Waals surface area contributed by atoms with Crippen LogP contribution in [0.5, 0.6) is 0 Å². The Kier molecular flexibility index (Phi) is 6.25. The largest absolute Gasteiger partial charge is 0.463 e. The minimum Gasteiger partial charge on any atom is -0.463 e. The fourth-order valence-corrected chi connectivity index (χ4v) is 0.941. The van der Waals surface area contributed by atoms with Crippen molar-refractivity contribution in [2.75, 3.05) is 6.61 Å². The topological polar surface area (TPSA) is 38.7 Å². The van der Waals surface area contributed by atoms with E-state index in [2.05, 4.69) is 11.7 Å². The number of rotatable bonds is 4. The van der Waals surface area contributed by atoms with Crippen molar-refractivity contribution in [3.05, 3.63) is 21.8 Å². The van der Waals surface area contributed by atoms with Gasteiger partial charge in [-0.2, -0.15) is 0 Å². The van der Waals surface area contributed by atoms with Crippen molar-refractivity contribution in [1.29, 1.82) is 0 Å². The van der Waals surface area contributed by atoms with E-state index in [0.29, 0.717) is 6.61 Å².